The molecule has 108 valence electrons. The van der Waals surface area contributed by atoms with Gasteiger partial charge in [-0.25, -0.2) is 0 Å². The molecule has 0 radical (unpaired) electrons. The maximum atomic E-state index is 5.91. The number of aryl methyl sites for hydroxylation is 1. The van der Waals surface area contributed by atoms with Gasteiger partial charge in [-0.3, -0.25) is 0 Å². The average Bonchev–Trinajstić information content (AvgIpc) is 2.39. The number of benzene rings is 1. The van der Waals surface area contributed by atoms with Gasteiger partial charge in [-0.15, -0.1) is 11.6 Å². The van der Waals surface area contributed by atoms with Crippen LogP contribution in [0.5, 0.6) is 0 Å². The van der Waals surface area contributed by atoms with Crippen LogP contribution in [0.3, 0.4) is 0 Å². The highest BCUT2D eigenvalue weighted by molar-refractivity contribution is 6.19. The van der Waals surface area contributed by atoms with Crippen molar-refractivity contribution in [2.75, 3.05) is 32.5 Å². The lowest BCUT2D eigenvalue weighted by atomic mass is 10.0. The number of rotatable bonds is 5. The van der Waals surface area contributed by atoms with Crippen molar-refractivity contribution in [2.24, 2.45) is 0 Å². The monoisotopic (exact) mass is 283 g/mol. The molecule has 0 spiro atoms. The molecule has 0 aliphatic rings. The van der Waals surface area contributed by atoms with Crippen LogP contribution in [0.1, 0.15) is 24.5 Å². The number of ether oxygens (including phenoxy) is 1. The van der Waals surface area contributed by atoms with Gasteiger partial charge in [0.15, 0.2) is 0 Å². The predicted octanol–water partition coefficient (Wildman–Crippen LogP) is 4.42. The second-order valence-electron chi connectivity index (χ2n) is 4.39. The van der Waals surface area contributed by atoms with Gasteiger partial charge < -0.3 is 10.1 Å². The van der Waals surface area contributed by atoms with Gasteiger partial charge in [0.1, 0.15) is 0 Å². The zero-order valence-electron chi connectivity index (χ0n) is 12.7. The molecule has 0 unspecified atom stereocenters. The number of hydrogen-bond donors (Lipinski definition) is 1. The Morgan fingerprint density at radius 2 is 2.00 bits per heavy atom. The zero-order chi connectivity index (χ0) is 14.7. The minimum atomic E-state index is 0.626. The van der Waals surface area contributed by atoms with Crippen LogP contribution in [-0.4, -0.2) is 27.1 Å². The Kier molecular flexibility index (Phi) is 10.3. The normalized spacial score (nSPS) is 10.7. The van der Waals surface area contributed by atoms with Gasteiger partial charge in [0, 0.05) is 32.8 Å². The molecule has 1 N–H and O–H groups in total. The maximum absolute atomic E-state index is 5.91. The predicted molar refractivity (Wildman–Crippen MR) is 86.5 cm³/mol. The summed E-state index contributed by atoms with van der Waals surface area (Å²) in [6.45, 7) is 4.27. The van der Waals surface area contributed by atoms with Gasteiger partial charge in [0.05, 0.1) is 0 Å². The third kappa shape index (κ3) is 7.24. The smallest absolute Gasteiger partial charge is 0.0436 e. The molecule has 19 heavy (non-hydrogen) atoms. The van der Waals surface area contributed by atoms with E-state index in [-0.39, 0.29) is 0 Å². The number of alkyl halides is 1. The highest BCUT2D eigenvalue weighted by Crippen LogP contribution is 2.18. The molecule has 0 aliphatic heterocycles. The summed E-state index contributed by atoms with van der Waals surface area (Å²) in [4.78, 5) is 0. The molecule has 0 amide bonds. The van der Waals surface area contributed by atoms with E-state index in [2.05, 4.69) is 48.2 Å². The molecular weight excluding hydrogens is 258 g/mol. The van der Waals surface area contributed by atoms with E-state index in [0.717, 1.165) is 12.8 Å². The average molecular weight is 284 g/mol. The molecule has 0 heterocycles. The van der Waals surface area contributed by atoms with E-state index in [0.29, 0.717) is 5.88 Å². The van der Waals surface area contributed by atoms with Gasteiger partial charge in [-0.1, -0.05) is 30.7 Å². The first-order valence-corrected chi connectivity index (χ1v) is 7.07. The molecule has 0 atom stereocenters. The number of halogens is 1. The summed E-state index contributed by atoms with van der Waals surface area (Å²) < 4.78 is 4.25. The lowest BCUT2D eigenvalue weighted by Gasteiger charge is -2.09. The zero-order valence-corrected chi connectivity index (χ0v) is 13.5. The third-order valence-corrected chi connectivity index (χ3v) is 3.00. The molecule has 0 aliphatic carbocycles. The number of methoxy groups -OCH3 is 1. The first kappa shape index (κ1) is 18.0. The van der Waals surface area contributed by atoms with Crippen LogP contribution < -0.4 is 5.32 Å². The summed E-state index contributed by atoms with van der Waals surface area (Å²) in [6, 6.07) is 6.51. The standard InChI is InChI=1S/C14H20ClN.C2H6O/c1-4-5-13(10-15)9-12-6-7-14(16-3)11(2)8-12;1-3-2/h5-8,16H,4,9-10H2,1-3H3;1-2H3/b13-5-;. The molecule has 0 aromatic heterocycles. The van der Waals surface area contributed by atoms with Gasteiger partial charge in [-0.2, -0.15) is 0 Å². The quantitative estimate of drug-likeness (QED) is 0.638. The summed E-state index contributed by atoms with van der Waals surface area (Å²) in [5, 5.41) is 3.17. The van der Waals surface area contributed by atoms with E-state index in [4.69, 9.17) is 11.6 Å². The van der Waals surface area contributed by atoms with Crippen LogP contribution in [0.25, 0.3) is 0 Å². The van der Waals surface area contributed by atoms with E-state index >= 15 is 0 Å². The number of hydrogen-bond acceptors (Lipinski definition) is 2. The van der Waals surface area contributed by atoms with E-state index in [1.807, 2.05) is 7.05 Å². The van der Waals surface area contributed by atoms with Gasteiger partial charge in [0.25, 0.3) is 0 Å². The second kappa shape index (κ2) is 10.9. The van der Waals surface area contributed by atoms with E-state index in [1.54, 1.807) is 14.2 Å². The first-order chi connectivity index (χ1) is 9.12. The van der Waals surface area contributed by atoms with Crippen LogP contribution in [0.15, 0.2) is 29.8 Å². The molecule has 1 rings (SSSR count). The lowest BCUT2D eigenvalue weighted by Crippen LogP contribution is -1.96. The number of nitrogens with one attached hydrogen (secondary N) is 1. The fourth-order valence-electron chi connectivity index (χ4n) is 1.84. The van der Waals surface area contributed by atoms with Crippen molar-refractivity contribution in [3.8, 4) is 0 Å². The topological polar surface area (TPSA) is 21.3 Å². The summed E-state index contributed by atoms with van der Waals surface area (Å²) in [5.41, 5.74) is 5.11. The van der Waals surface area contributed by atoms with Crippen molar-refractivity contribution < 1.29 is 4.74 Å². The minimum Gasteiger partial charge on any atom is -0.388 e. The Bertz CT molecular complexity index is 388. The number of anilines is 1. The maximum Gasteiger partial charge on any atom is 0.0436 e. The van der Waals surface area contributed by atoms with Crippen LogP contribution in [0.2, 0.25) is 0 Å². The van der Waals surface area contributed by atoms with Gasteiger partial charge in [0.2, 0.25) is 0 Å². The summed E-state index contributed by atoms with van der Waals surface area (Å²) in [5.74, 6) is 0.626. The first-order valence-electron chi connectivity index (χ1n) is 6.54. The number of allylic oxidation sites excluding steroid dienone is 2. The van der Waals surface area contributed by atoms with Gasteiger partial charge in [-0.05, 0) is 37.0 Å². The molecule has 0 bridgehead atoms. The Morgan fingerprint density at radius 1 is 1.37 bits per heavy atom. The molecule has 3 heteroatoms. The molecule has 1 aromatic carbocycles. The van der Waals surface area contributed by atoms with Crippen LogP contribution in [0, 0.1) is 6.92 Å². The van der Waals surface area contributed by atoms with Crippen molar-refractivity contribution in [3.63, 3.8) is 0 Å². The Balaban J connectivity index is 0.000000982. The van der Waals surface area contributed by atoms with Crippen molar-refractivity contribution in [2.45, 2.75) is 26.7 Å². The lowest BCUT2D eigenvalue weighted by molar-refractivity contribution is 0.277. The van der Waals surface area contributed by atoms with Gasteiger partial charge >= 0.3 is 0 Å². The highest BCUT2D eigenvalue weighted by atomic mass is 35.5. The van der Waals surface area contributed by atoms with Crippen molar-refractivity contribution in [3.05, 3.63) is 41.0 Å². The SMILES string of the molecule is CC/C=C(\CCl)Cc1ccc(NC)c(C)c1.COC. The Morgan fingerprint density at radius 3 is 2.42 bits per heavy atom. The summed E-state index contributed by atoms with van der Waals surface area (Å²) >= 11 is 5.91. The Labute approximate surface area is 122 Å². The van der Waals surface area contributed by atoms with Crippen LogP contribution in [0.4, 0.5) is 5.69 Å². The van der Waals surface area contributed by atoms with E-state index < -0.39 is 0 Å². The fraction of sp³-hybridized carbons (Fsp3) is 0.500. The summed E-state index contributed by atoms with van der Waals surface area (Å²) in [7, 11) is 5.20. The largest absolute Gasteiger partial charge is 0.388 e. The third-order valence-electron chi connectivity index (χ3n) is 2.66. The van der Waals surface area contributed by atoms with Crippen molar-refractivity contribution in [1.82, 2.24) is 0 Å². The highest BCUT2D eigenvalue weighted by Gasteiger charge is 2.01. The molecular formula is C16H26ClNO. The fourth-order valence-corrected chi connectivity index (χ4v) is 2.04. The van der Waals surface area contributed by atoms with Crippen LogP contribution >= 0.6 is 11.6 Å². The molecule has 1 aromatic rings. The molecule has 0 fully saturated rings. The van der Waals surface area contributed by atoms with E-state index in [1.165, 1.54) is 22.4 Å². The Hall–Kier alpha value is -0.990. The van der Waals surface area contributed by atoms with Crippen molar-refractivity contribution >= 4 is 17.3 Å². The van der Waals surface area contributed by atoms with Crippen molar-refractivity contribution in [1.29, 1.82) is 0 Å². The molecule has 0 saturated carbocycles. The summed E-state index contributed by atoms with van der Waals surface area (Å²) in [6.07, 6.45) is 4.23. The van der Waals surface area contributed by atoms with E-state index in [9.17, 15) is 0 Å². The minimum absolute atomic E-state index is 0.626. The van der Waals surface area contributed by atoms with Crippen LogP contribution in [-0.2, 0) is 11.2 Å². The second-order valence-corrected chi connectivity index (χ2v) is 4.66. The molecule has 2 nitrogen and oxygen atoms in total. The molecule has 0 saturated heterocycles.